The van der Waals surface area contributed by atoms with E-state index in [-0.39, 0.29) is 0 Å². The van der Waals surface area contributed by atoms with Gasteiger partial charge in [-0.3, -0.25) is 4.98 Å². The first-order valence-electron chi connectivity index (χ1n) is 5.95. The molecular weight excluding hydrogens is 198 g/mol. The third-order valence-electron chi connectivity index (χ3n) is 3.00. The van der Waals surface area contributed by atoms with E-state index < -0.39 is 0 Å². The summed E-state index contributed by atoms with van der Waals surface area (Å²) in [6.45, 7) is 8.70. The van der Waals surface area contributed by atoms with Gasteiger partial charge in [0.1, 0.15) is 0 Å². The number of nitrogens with one attached hydrogen (secondary N) is 1. The molecule has 0 spiro atoms. The lowest BCUT2D eigenvalue weighted by molar-refractivity contribution is 0.270. The summed E-state index contributed by atoms with van der Waals surface area (Å²) < 4.78 is 0. The Morgan fingerprint density at radius 1 is 1.25 bits per heavy atom. The molecule has 0 bridgehead atoms. The molecule has 0 amide bonds. The minimum Gasteiger partial charge on any atom is -0.309 e. The molecule has 3 heteroatoms. The number of hydrogen-bond acceptors (Lipinski definition) is 3. The van der Waals surface area contributed by atoms with Gasteiger partial charge in [0, 0.05) is 37.6 Å². The van der Waals surface area contributed by atoms with E-state index in [0.29, 0.717) is 12.1 Å². The fourth-order valence-electron chi connectivity index (χ4n) is 1.49. The lowest BCUT2D eigenvalue weighted by Crippen LogP contribution is -2.34. The van der Waals surface area contributed by atoms with Gasteiger partial charge in [-0.1, -0.05) is 0 Å². The van der Waals surface area contributed by atoms with Crippen LogP contribution in [0.3, 0.4) is 0 Å². The Labute approximate surface area is 98.9 Å². The predicted octanol–water partition coefficient (Wildman–Crippen LogP) is 2.07. The van der Waals surface area contributed by atoms with E-state index in [2.05, 4.69) is 55.2 Å². The molecule has 0 aliphatic carbocycles. The Hall–Kier alpha value is -0.930. The standard InChI is InChI=1S/C13H23N3/c1-11(2)16(4)10-9-15-12(3)13-5-7-14-8-6-13/h5-8,11-12,15H,9-10H2,1-4H3. The first kappa shape index (κ1) is 13.1. The number of aromatic nitrogens is 1. The van der Waals surface area contributed by atoms with Gasteiger partial charge in [-0.2, -0.15) is 0 Å². The van der Waals surface area contributed by atoms with Gasteiger partial charge < -0.3 is 10.2 Å². The fraction of sp³-hybridized carbons (Fsp3) is 0.615. The van der Waals surface area contributed by atoms with Crippen molar-refractivity contribution >= 4 is 0 Å². The third-order valence-corrected chi connectivity index (χ3v) is 3.00. The van der Waals surface area contributed by atoms with Crippen molar-refractivity contribution < 1.29 is 0 Å². The largest absolute Gasteiger partial charge is 0.309 e. The van der Waals surface area contributed by atoms with Crippen LogP contribution in [0, 0.1) is 0 Å². The van der Waals surface area contributed by atoms with Gasteiger partial charge in [-0.15, -0.1) is 0 Å². The molecule has 1 N–H and O–H groups in total. The Morgan fingerprint density at radius 3 is 2.44 bits per heavy atom. The van der Waals surface area contributed by atoms with Crippen LogP contribution in [0.25, 0.3) is 0 Å². The maximum Gasteiger partial charge on any atom is 0.0293 e. The van der Waals surface area contributed by atoms with Crippen molar-refractivity contribution in [2.75, 3.05) is 20.1 Å². The minimum absolute atomic E-state index is 0.392. The van der Waals surface area contributed by atoms with Crippen molar-refractivity contribution in [1.82, 2.24) is 15.2 Å². The monoisotopic (exact) mass is 221 g/mol. The summed E-state index contributed by atoms with van der Waals surface area (Å²) >= 11 is 0. The molecule has 0 saturated carbocycles. The van der Waals surface area contributed by atoms with Crippen LogP contribution in [0.1, 0.15) is 32.4 Å². The number of nitrogens with zero attached hydrogens (tertiary/aromatic N) is 2. The van der Waals surface area contributed by atoms with Gasteiger partial charge >= 0.3 is 0 Å². The lowest BCUT2D eigenvalue weighted by Gasteiger charge is -2.22. The Kier molecular flexibility index (Phi) is 5.43. The lowest BCUT2D eigenvalue weighted by atomic mass is 10.1. The van der Waals surface area contributed by atoms with Gasteiger partial charge in [0.25, 0.3) is 0 Å². The van der Waals surface area contributed by atoms with Gasteiger partial charge in [0.05, 0.1) is 0 Å². The van der Waals surface area contributed by atoms with Crippen molar-refractivity contribution in [2.45, 2.75) is 32.9 Å². The second kappa shape index (κ2) is 6.61. The summed E-state index contributed by atoms with van der Waals surface area (Å²) in [6, 6.07) is 5.12. The molecule has 1 unspecified atom stereocenters. The number of hydrogen-bond donors (Lipinski definition) is 1. The van der Waals surface area contributed by atoms with Crippen molar-refractivity contribution in [3.05, 3.63) is 30.1 Å². The van der Waals surface area contributed by atoms with Crippen molar-refractivity contribution in [1.29, 1.82) is 0 Å². The molecule has 1 aromatic rings. The SMILES string of the molecule is CC(NCCN(C)C(C)C)c1ccncc1. The van der Waals surface area contributed by atoms with Crippen molar-refractivity contribution in [3.63, 3.8) is 0 Å². The summed E-state index contributed by atoms with van der Waals surface area (Å²) in [4.78, 5) is 6.36. The summed E-state index contributed by atoms with van der Waals surface area (Å²) in [5.74, 6) is 0. The first-order valence-corrected chi connectivity index (χ1v) is 5.95. The Morgan fingerprint density at radius 2 is 1.88 bits per heavy atom. The summed E-state index contributed by atoms with van der Waals surface area (Å²) in [6.07, 6.45) is 3.68. The quantitative estimate of drug-likeness (QED) is 0.797. The van der Waals surface area contributed by atoms with Crippen LogP contribution < -0.4 is 5.32 Å². The van der Waals surface area contributed by atoms with E-state index in [1.165, 1.54) is 5.56 Å². The fourth-order valence-corrected chi connectivity index (χ4v) is 1.49. The smallest absolute Gasteiger partial charge is 0.0293 e. The van der Waals surface area contributed by atoms with Crippen LogP contribution in [0.4, 0.5) is 0 Å². The van der Waals surface area contributed by atoms with Crippen molar-refractivity contribution in [2.24, 2.45) is 0 Å². The van der Waals surface area contributed by atoms with E-state index in [1.54, 1.807) is 0 Å². The van der Waals surface area contributed by atoms with E-state index >= 15 is 0 Å². The number of likely N-dealkylation sites (N-methyl/N-ethyl adjacent to an activating group) is 1. The van der Waals surface area contributed by atoms with Crippen LogP contribution in [0.5, 0.6) is 0 Å². The summed E-state index contributed by atoms with van der Waals surface area (Å²) in [5.41, 5.74) is 1.29. The zero-order valence-corrected chi connectivity index (χ0v) is 10.8. The van der Waals surface area contributed by atoms with Gasteiger partial charge in [-0.25, -0.2) is 0 Å². The first-order chi connectivity index (χ1) is 7.61. The van der Waals surface area contributed by atoms with Crippen LogP contribution in [0.2, 0.25) is 0 Å². The van der Waals surface area contributed by atoms with Crippen LogP contribution in [-0.4, -0.2) is 36.1 Å². The normalized spacial score (nSPS) is 13.4. The molecule has 1 heterocycles. The molecule has 0 aliphatic heterocycles. The average molecular weight is 221 g/mol. The summed E-state index contributed by atoms with van der Waals surface area (Å²) in [5, 5.41) is 3.52. The molecule has 0 aromatic carbocycles. The molecule has 1 rings (SSSR count). The Balaban J connectivity index is 2.28. The molecule has 0 saturated heterocycles. The second-order valence-corrected chi connectivity index (χ2v) is 4.53. The molecule has 90 valence electrons. The predicted molar refractivity (Wildman–Crippen MR) is 68.4 cm³/mol. The highest BCUT2D eigenvalue weighted by atomic mass is 15.1. The van der Waals surface area contributed by atoms with E-state index in [1.807, 2.05) is 12.4 Å². The highest BCUT2D eigenvalue weighted by molar-refractivity contribution is 5.13. The van der Waals surface area contributed by atoms with Gasteiger partial charge in [0.15, 0.2) is 0 Å². The van der Waals surface area contributed by atoms with E-state index in [4.69, 9.17) is 0 Å². The van der Waals surface area contributed by atoms with E-state index in [9.17, 15) is 0 Å². The van der Waals surface area contributed by atoms with Gasteiger partial charge in [0.2, 0.25) is 0 Å². The van der Waals surface area contributed by atoms with E-state index in [0.717, 1.165) is 13.1 Å². The molecule has 16 heavy (non-hydrogen) atoms. The highest BCUT2D eigenvalue weighted by Gasteiger charge is 2.05. The topological polar surface area (TPSA) is 28.2 Å². The molecule has 3 nitrogen and oxygen atoms in total. The maximum atomic E-state index is 4.02. The van der Waals surface area contributed by atoms with Gasteiger partial charge in [-0.05, 0) is 45.5 Å². The summed E-state index contributed by atoms with van der Waals surface area (Å²) in [7, 11) is 2.16. The Bertz CT molecular complexity index is 284. The second-order valence-electron chi connectivity index (χ2n) is 4.53. The molecule has 1 aromatic heterocycles. The molecule has 0 aliphatic rings. The maximum absolute atomic E-state index is 4.02. The van der Waals surface area contributed by atoms with Crippen LogP contribution in [-0.2, 0) is 0 Å². The average Bonchev–Trinajstić information content (AvgIpc) is 2.29. The molecule has 0 radical (unpaired) electrons. The van der Waals surface area contributed by atoms with Crippen LogP contribution in [0.15, 0.2) is 24.5 Å². The zero-order valence-electron chi connectivity index (χ0n) is 10.8. The zero-order chi connectivity index (χ0) is 12.0. The minimum atomic E-state index is 0.392. The molecule has 1 atom stereocenters. The number of rotatable bonds is 6. The molecule has 0 fully saturated rings. The molecular formula is C13H23N3. The van der Waals surface area contributed by atoms with Crippen molar-refractivity contribution in [3.8, 4) is 0 Å². The van der Waals surface area contributed by atoms with Crippen LogP contribution >= 0.6 is 0 Å². The number of pyridine rings is 1. The highest BCUT2D eigenvalue weighted by Crippen LogP contribution is 2.09. The third kappa shape index (κ3) is 4.29.